The lowest BCUT2D eigenvalue weighted by Gasteiger charge is -2.31. The van der Waals surface area contributed by atoms with Gasteiger partial charge in [-0.2, -0.15) is 0 Å². The number of aromatic amines is 2. The van der Waals surface area contributed by atoms with Crippen LogP contribution in [-0.4, -0.2) is 44.9 Å². The molecule has 2 aliphatic heterocycles. The van der Waals surface area contributed by atoms with Gasteiger partial charge in [0, 0.05) is 12.8 Å². The number of aromatic nitrogens is 4. The van der Waals surface area contributed by atoms with Crippen LogP contribution in [0.25, 0.3) is 44.5 Å². The minimum atomic E-state index is -2.71. The molecule has 9 rings (SSSR count). The Kier molecular flexibility index (Phi) is 5.91. The van der Waals surface area contributed by atoms with Gasteiger partial charge < -0.3 is 20.6 Å². The first-order chi connectivity index (χ1) is 21.7. The topological polar surface area (TPSA) is 81.4 Å². The van der Waals surface area contributed by atoms with Crippen molar-refractivity contribution in [3.05, 3.63) is 83.6 Å². The number of nitrogens with one attached hydrogen (secondary N) is 4. The molecular weight excluding hydrogens is 580 g/mol. The van der Waals surface area contributed by atoms with Crippen molar-refractivity contribution in [3.8, 4) is 33.5 Å². The first kappa shape index (κ1) is 27.3. The second kappa shape index (κ2) is 9.74. The quantitative estimate of drug-likeness (QED) is 0.154. The van der Waals surface area contributed by atoms with E-state index in [9.17, 15) is 17.6 Å². The maximum absolute atomic E-state index is 13.8. The van der Waals surface area contributed by atoms with E-state index in [1.807, 2.05) is 6.07 Å². The third-order valence-corrected chi connectivity index (χ3v) is 10.4. The lowest BCUT2D eigenvalue weighted by Crippen LogP contribution is -2.19. The molecule has 2 saturated heterocycles. The molecule has 2 aliphatic carbocycles. The summed E-state index contributed by atoms with van der Waals surface area (Å²) in [7, 11) is 0. The minimum Gasteiger partial charge on any atom is -0.341 e. The molecule has 2 unspecified atom stereocenters. The van der Waals surface area contributed by atoms with Crippen molar-refractivity contribution in [2.45, 2.75) is 62.0 Å². The summed E-state index contributed by atoms with van der Waals surface area (Å²) < 4.78 is 55.0. The number of nitrogens with zero attached hydrogens (tertiary/aromatic N) is 2. The van der Waals surface area contributed by atoms with Gasteiger partial charge in [0.25, 0.3) is 11.8 Å². The zero-order chi connectivity index (χ0) is 30.5. The zero-order valence-electron chi connectivity index (χ0n) is 24.4. The summed E-state index contributed by atoms with van der Waals surface area (Å²) >= 11 is 0. The van der Waals surface area contributed by atoms with E-state index >= 15 is 0 Å². The summed E-state index contributed by atoms with van der Waals surface area (Å²) in [5.74, 6) is -3.11. The van der Waals surface area contributed by atoms with Crippen LogP contribution >= 0.6 is 0 Å². The molecule has 10 heteroatoms. The van der Waals surface area contributed by atoms with Crippen LogP contribution in [0.5, 0.6) is 0 Å². The van der Waals surface area contributed by atoms with Gasteiger partial charge in [0.2, 0.25) is 0 Å². The van der Waals surface area contributed by atoms with E-state index in [0.717, 1.165) is 39.8 Å². The fourth-order valence-corrected chi connectivity index (χ4v) is 7.96. The van der Waals surface area contributed by atoms with Gasteiger partial charge in [-0.05, 0) is 82.2 Å². The van der Waals surface area contributed by atoms with Gasteiger partial charge in [0.05, 0.1) is 48.1 Å². The SMILES string of the molecule is FC1(F)CN[C@H](c2ncc(-c3ccc(-c4ccc(-c5ccc6nc([C@@H]7CC(F)(F)CN7)[nH]c6c5)c5c4C4CCC4C5)cc3)[nH]2)C1. The largest absolute Gasteiger partial charge is 0.341 e. The predicted octanol–water partition coefficient (Wildman–Crippen LogP) is 7.68. The van der Waals surface area contributed by atoms with E-state index in [0.29, 0.717) is 23.5 Å². The van der Waals surface area contributed by atoms with Crippen LogP contribution in [0.2, 0.25) is 0 Å². The summed E-state index contributed by atoms with van der Waals surface area (Å²) in [5, 5.41) is 5.75. The van der Waals surface area contributed by atoms with Crippen LogP contribution in [0.15, 0.2) is 60.8 Å². The maximum atomic E-state index is 13.8. The lowest BCUT2D eigenvalue weighted by molar-refractivity contribution is 0.0201. The van der Waals surface area contributed by atoms with Crippen LogP contribution < -0.4 is 10.6 Å². The Morgan fingerprint density at radius 1 is 0.711 bits per heavy atom. The molecule has 0 spiro atoms. The highest BCUT2D eigenvalue weighted by Gasteiger charge is 2.43. The van der Waals surface area contributed by atoms with Crippen LogP contribution in [0.3, 0.4) is 0 Å². The van der Waals surface area contributed by atoms with Crippen molar-refractivity contribution in [2.75, 3.05) is 13.1 Å². The van der Waals surface area contributed by atoms with Crippen LogP contribution in [0.1, 0.15) is 66.5 Å². The number of H-pyrrole nitrogens is 2. The van der Waals surface area contributed by atoms with E-state index in [1.54, 1.807) is 6.20 Å². The Morgan fingerprint density at radius 3 is 2.09 bits per heavy atom. The number of rotatable bonds is 5. The Bertz CT molecular complexity index is 1940. The molecule has 4 atom stereocenters. The third-order valence-electron chi connectivity index (χ3n) is 10.4. The summed E-state index contributed by atoms with van der Waals surface area (Å²) in [6, 6.07) is 18.1. The van der Waals surface area contributed by atoms with E-state index < -0.39 is 23.9 Å². The van der Waals surface area contributed by atoms with Gasteiger partial charge in [-0.3, -0.25) is 0 Å². The van der Waals surface area contributed by atoms with E-state index in [-0.39, 0.29) is 25.9 Å². The monoisotopic (exact) mass is 612 g/mol. The second-order valence-corrected chi connectivity index (χ2v) is 13.3. The molecule has 5 aromatic rings. The Hall–Kier alpha value is -4.02. The van der Waals surface area contributed by atoms with Crippen molar-refractivity contribution in [1.29, 1.82) is 0 Å². The average molecular weight is 613 g/mol. The minimum absolute atomic E-state index is 0.249. The van der Waals surface area contributed by atoms with Gasteiger partial charge in [-0.1, -0.05) is 42.5 Å². The fraction of sp³-hybridized carbons (Fsp3) is 0.371. The van der Waals surface area contributed by atoms with Crippen LogP contribution in [0.4, 0.5) is 17.6 Å². The van der Waals surface area contributed by atoms with E-state index in [4.69, 9.17) is 0 Å². The third kappa shape index (κ3) is 4.60. The maximum Gasteiger partial charge on any atom is 0.262 e. The standard InChI is InChI=1S/C35H32F4N6/c36-34(37)13-28(41-16-34)32-40-15-30(45-32)19-3-1-18(2-4-19)23-9-8-22(25-11-20-5-7-24(20)31(23)25)21-6-10-26-27(12-21)44-33(43-26)29-14-35(38,39)17-42-29/h1-4,6,8-10,12,15,20,24,28-29,41-42H,5,7,11,13-14,16-17H2,(H,40,45)(H,43,44)/t20?,24?,28-,29-/m0/s1. The summed E-state index contributed by atoms with van der Waals surface area (Å²) in [6.07, 6.45) is 4.70. The number of hydrogen-bond donors (Lipinski definition) is 4. The second-order valence-electron chi connectivity index (χ2n) is 13.3. The van der Waals surface area contributed by atoms with E-state index in [1.165, 1.54) is 35.1 Å². The summed E-state index contributed by atoms with van der Waals surface area (Å²) in [5.41, 5.74) is 11.0. The zero-order valence-corrected chi connectivity index (χ0v) is 24.4. The number of halogens is 4. The first-order valence-corrected chi connectivity index (χ1v) is 15.7. The summed E-state index contributed by atoms with van der Waals surface area (Å²) in [4.78, 5) is 15.6. The predicted molar refractivity (Wildman–Crippen MR) is 164 cm³/mol. The average Bonchev–Trinajstić information content (AvgIpc) is 3.83. The van der Waals surface area contributed by atoms with Crippen molar-refractivity contribution in [2.24, 2.45) is 5.92 Å². The molecule has 2 aromatic heterocycles. The molecule has 3 fully saturated rings. The molecule has 6 nitrogen and oxygen atoms in total. The normalized spacial score (nSPS) is 26.2. The van der Waals surface area contributed by atoms with Gasteiger partial charge in [-0.15, -0.1) is 0 Å². The van der Waals surface area contributed by atoms with Crippen molar-refractivity contribution in [1.82, 2.24) is 30.6 Å². The highest BCUT2D eigenvalue weighted by molar-refractivity contribution is 5.86. The Morgan fingerprint density at radius 2 is 1.40 bits per heavy atom. The van der Waals surface area contributed by atoms with Crippen molar-refractivity contribution in [3.63, 3.8) is 0 Å². The molecule has 1 saturated carbocycles. The summed E-state index contributed by atoms with van der Waals surface area (Å²) in [6.45, 7) is -0.649. The number of hydrogen-bond acceptors (Lipinski definition) is 4. The number of benzene rings is 3. The molecule has 0 bridgehead atoms. The van der Waals surface area contributed by atoms with Crippen molar-refractivity contribution >= 4 is 11.0 Å². The number of alkyl halides is 4. The Labute approximate surface area is 257 Å². The Balaban J connectivity index is 1.02. The lowest BCUT2D eigenvalue weighted by atomic mass is 9.73. The molecule has 4 N–H and O–H groups in total. The molecule has 4 aliphatic rings. The van der Waals surface area contributed by atoms with E-state index in [2.05, 4.69) is 79.1 Å². The fourth-order valence-electron chi connectivity index (χ4n) is 7.96. The molecular formula is C35H32F4N6. The number of fused-ring (bicyclic) bond motifs is 4. The first-order valence-electron chi connectivity index (χ1n) is 15.7. The smallest absolute Gasteiger partial charge is 0.262 e. The molecule has 3 aromatic carbocycles. The van der Waals surface area contributed by atoms with Crippen LogP contribution in [0, 0.1) is 5.92 Å². The molecule has 45 heavy (non-hydrogen) atoms. The molecule has 0 radical (unpaired) electrons. The van der Waals surface area contributed by atoms with Crippen molar-refractivity contribution < 1.29 is 17.6 Å². The highest BCUT2D eigenvalue weighted by Crippen LogP contribution is 2.56. The highest BCUT2D eigenvalue weighted by atomic mass is 19.3. The van der Waals surface area contributed by atoms with Crippen LogP contribution in [-0.2, 0) is 6.42 Å². The van der Waals surface area contributed by atoms with Gasteiger partial charge in [0.15, 0.2) is 0 Å². The molecule has 230 valence electrons. The van der Waals surface area contributed by atoms with Gasteiger partial charge in [0.1, 0.15) is 11.6 Å². The van der Waals surface area contributed by atoms with Gasteiger partial charge >= 0.3 is 0 Å². The number of imidazole rings is 2. The van der Waals surface area contributed by atoms with Gasteiger partial charge in [-0.25, -0.2) is 27.5 Å². The molecule has 4 heterocycles. The molecule has 0 amide bonds.